The Bertz CT molecular complexity index is 334. The van der Waals surface area contributed by atoms with Gasteiger partial charge < -0.3 is 14.0 Å². The standard InChI is InChI=1S/C20H46O3Si2/c1-19(2,3)24(7,8)22-15-11-13-18(17-21)14-12-16-23-25(9,10)20(4,5)6/h18,21H,11-17H2,1-10H3. The topological polar surface area (TPSA) is 38.7 Å². The second kappa shape index (κ2) is 10.0. The molecule has 0 unspecified atom stereocenters. The number of hydrogen-bond acceptors (Lipinski definition) is 3. The SMILES string of the molecule is CC(C)(C)[Si](C)(C)OCCCC(CO)CCCO[Si](C)(C)C(C)(C)C. The second-order valence-electron chi connectivity index (χ2n) is 10.6. The van der Waals surface area contributed by atoms with Crippen molar-refractivity contribution in [2.24, 2.45) is 5.92 Å². The van der Waals surface area contributed by atoms with Crippen molar-refractivity contribution in [2.75, 3.05) is 19.8 Å². The van der Waals surface area contributed by atoms with Gasteiger partial charge in [-0.3, -0.25) is 0 Å². The highest BCUT2D eigenvalue weighted by atomic mass is 28.4. The summed E-state index contributed by atoms with van der Waals surface area (Å²) in [5, 5.41) is 10.2. The first kappa shape index (κ1) is 25.3. The molecule has 3 nitrogen and oxygen atoms in total. The molecule has 0 aromatic carbocycles. The van der Waals surface area contributed by atoms with Gasteiger partial charge in [0.15, 0.2) is 16.6 Å². The molecular formula is C20H46O3Si2. The zero-order valence-electron chi connectivity index (χ0n) is 18.8. The summed E-state index contributed by atoms with van der Waals surface area (Å²) >= 11 is 0. The highest BCUT2D eigenvalue weighted by Crippen LogP contribution is 2.37. The predicted octanol–water partition coefficient (Wildman–Crippen LogP) is 6.20. The summed E-state index contributed by atoms with van der Waals surface area (Å²) < 4.78 is 12.5. The Kier molecular flexibility index (Phi) is 10.1. The van der Waals surface area contributed by atoms with Gasteiger partial charge in [0, 0.05) is 19.8 Å². The fourth-order valence-corrected chi connectivity index (χ4v) is 4.33. The van der Waals surface area contributed by atoms with Crippen LogP contribution in [0.25, 0.3) is 0 Å². The van der Waals surface area contributed by atoms with Gasteiger partial charge in [-0.05, 0) is 67.9 Å². The molecule has 0 aromatic heterocycles. The molecule has 0 spiro atoms. The van der Waals surface area contributed by atoms with Crippen LogP contribution in [0.1, 0.15) is 67.2 Å². The van der Waals surface area contributed by atoms with Gasteiger partial charge in [-0.2, -0.15) is 0 Å². The van der Waals surface area contributed by atoms with E-state index in [4.69, 9.17) is 8.85 Å². The lowest BCUT2D eigenvalue weighted by Gasteiger charge is -2.36. The first-order chi connectivity index (χ1) is 11.1. The summed E-state index contributed by atoms with van der Waals surface area (Å²) in [6.45, 7) is 24.8. The van der Waals surface area contributed by atoms with E-state index >= 15 is 0 Å². The van der Waals surface area contributed by atoms with Crippen LogP contribution in [-0.4, -0.2) is 41.6 Å². The first-order valence-corrected chi connectivity index (χ1v) is 15.8. The third kappa shape index (κ3) is 9.18. The van der Waals surface area contributed by atoms with Crippen molar-refractivity contribution < 1.29 is 14.0 Å². The Labute approximate surface area is 160 Å². The lowest BCUT2D eigenvalue weighted by Crippen LogP contribution is -2.41. The molecule has 1 N–H and O–H groups in total. The van der Waals surface area contributed by atoms with Gasteiger partial charge in [0.1, 0.15) is 0 Å². The maximum Gasteiger partial charge on any atom is 0.191 e. The minimum Gasteiger partial charge on any atom is -0.417 e. The summed E-state index contributed by atoms with van der Waals surface area (Å²) in [7, 11) is -3.27. The molecule has 0 aliphatic heterocycles. The van der Waals surface area contributed by atoms with Crippen molar-refractivity contribution in [1.82, 2.24) is 0 Å². The van der Waals surface area contributed by atoms with Crippen LogP contribution in [0.3, 0.4) is 0 Å². The van der Waals surface area contributed by atoms with Crippen LogP contribution in [0, 0.1) is 5.92 Å². The molecule has 0 aliphatic rings. The zero-order valence-corrected chi connectivity index (χ0v) is 20.8. The van der Waals surface area contributed by atoms with Crippen molar-refractivity contribution in [1.29, 1.82) is 0 Å². The molecule has 0 rings (SSSR count). The minimum absolute atomic E-state index is 0.268. The van der Waals surface area contributed by atoms with Gasteiger partial charge in [0.2, 0.25) is 0 Å². The molecular weight excluding hydrogens is 344 g/mol. The van der Waals surface area contributed by atoms with Gasteiger partial charge >= 0.3 is 0 Å². The number of aliphatic hydroxyl groups excluding tert-OH is 1. The molecule has 0 atom stereocenters. The molecule has 25 heavy (non-hydrogen) atoms. The maximum absolute atomic E-state index is 9.64. The second-order valence-corrected chi connectivity index (χ2v) is 20.2. The first-order valence-electron chi connectivity index (χ1n) is 10.0. The monoisotopic (exact) mass is 390 g/mol. The van der Waals surface area contributed by atoms with Crippen LogP contribution in [0.15, 0.2) is 0 Å². The summed E-state index contributed by atoms with van der Waals surface area (Å²) in [6.07, 6.45) is 4.18. The average molecular weight is 391 g/mol. The van der Waals surface area contributed by atoms with Crippen LogP contribution >= 0.6 is 0 Å². The average Bonchev–Trinajstić information content (AvgIpc) is 2.43. The summed E-state index contributed by atoms with van der Waals surface area (Å²) in [5.74, 6) is 0.381. The predicted molar refractivity (Wildman–Crippen MR) is 115 cm³/mol. The van der Waals surface area contributed by atoms with Crippen molar-refractivity contribution in [3.63, 3.8) is 0 Å². The van der Waals surface area contributed by atoms with Crippen LogP contribution < -0.4 is 0 Å². The summed E-state index contributed by atoms with van der Waals surface area (Å²) in [6, 6.07) is 0. The Balaban J connectivity index is 4.06. The Morgan fingerprint density at radius 2 is 1.04 bits per heavy atom. The molecule has 0 saturated heterocycles. The normalized spacial score (nSPS) is 14.4. The largest absolute Gasteiger partial charge is 0.417 e. The third-order valence-corrected chi connectivity index (χ3v) is 15.4. The molecule has 152 valence electrons. The van der Waals surface area contributed by atoms with E-state index in [1.165, 1.54) is 0 Å². The van der Waals surface area contributed by atoms with Crippen LogP contribution in [0.2, 0.25) is 36.3 Å². The van der Waals surface area contributed by atoms with Gasteiger partial charge in [0.25, 0.3) is 0 Å². The van der Waals surface area contributed by atoms with Crippen molar-refractivity contribution in [3.8, 4) is 0 Å². The van der Waals surface area contributed by atoms with Gasteiger partial charge in [-0.1, -0.05) is 41.5 Å². The molecule has 0 heterocycles. The number of rotatable bonds is 11. The van der Waals surface area contributed by atoms with Gasteiger partial charge in [-0.15, -0.1) is 0 Å². The molecule has 0 radical (unpaired) electrons. The number of aliphatic hydroxyl groups is 1. The van der Waals surface area contributed by atoms with E-state index in [0.29, 0.717) is 5.92 Å². The fraction of sp³-hybridized carbons (Fsp3) is 1.00. The Morgan fingerprint density at radius 1 is 0.720 bits per heavy atom. The van der Waals surface area contributed by atoms with E-state index in [-0.39, 0.29) is 16.7 Å². The molecule has 0 aliphatic carbocycles. The lowest BCUT2D eigenvalue weighted by atomic mass is 9.99. The fourth-order valence-electron chi connectivity index (χ4n) is 2.16. The lowest BCUT2D eigenvalue weighted by molar-refractivity contribution is 0.183. The van der Waals surface area contributed by atoms with Crippen LogP contribution in [-0.2, 0) is 8.85 Å². The molecule has 0 bridgehead atoms. The Morgan fingerprint density at radius 3 is 1.28 bits per heavy atom. The molecule has 0 fully saturated rings. The van der Waals surface area contributed by atoms with Crippen LogP contribution in [0.4, 0.5) is 0 Å². The summed E-state index contributed by atoms with van der Waals surface area (Å²) in [5.41, 5.74) is 0. The van der Waals surface area contributed by atoms with E-state index in [9.17, 15) is 5.11 Å². The van der Waals surface area contributed by atoms with Crippen molar-refractivity contribution >= 4 is 16.6 Å². The van der Waals surface area contributed by atoms with E-state index < -0.39 is 16.6 Å². The highest BCUT2D eigenvalue weighted by Gasteiger charge is 2.37. The number of hydrogen-bond donors (Lipinski definition) is 1. The highest BCUT2D eigenvalue weighted by molar-refractivity contribution is 6.74. The smallest absolute Gasteiger partial charge is 0.191 e. The van der Waals surface area contributed by atoms with E-state index in [0.717, 1.165) is 38.9 Å². The minimum atomic E-state index is -1.64. The van der Waals surface area contributed by atoms with E-state index in [2.05, 4.69) is 67.7 Å². The van der Waals surface area contributed by atoms with Crippen LogP contribution in [0.5, 0.6) is 0 Å². The van der Waals surface area contributed by atoms with E-state index in [1.807, 2.05) is 0 Å². The summed E-state index contributed by atoms with van der Waals surface area (Å²) in [4.78, 5) is 0. The van der Waals surface area contributed by atoms with Gasteiger partial charge in [0.05, 0.1) is 0 Å². The van der Waals surface area contributed by atoms with Crippen molar-refractivity contribution in [2.45, 2.75) is 103 Å². The molecule has 0 saturated carbocycles. The van der Waals surface area contributed by atoms with Crippen molar-refractivity contribution in [3.05, 3.63) is 0 Å². The van der Waals surface area contributed by atoms with E-state index in [1.54, 1.807) is 0 Å². The molecule has 0 aromatic rings. The van der Waals surface area contributed by atoms with Gasteiger partial charge in [-0.25, -0.2) is 0 Å². The quantitative estimate of drug-likeness (QED) is 0.337. The molecule has 0 amide bonds. The zero-order chi connectivity index (χ0) is 19.9. The maximum atomic E-state index is 9.64. The third-order valence-electron chi connectivity index (χ3n) is 6.31. The molecule has 5 heteroatoms. The Hall–Kier alpha value is 0.314.